The highest BCUT2D eigenvalue weighted by Crippen LogP contribution is 2.16. The van der Waals surface area contributed by atoms with Crippen LogP contribution in [-0.2, 0) is 23.0 Å². The van der Waals surface area contributed by atoms with Crippen molar-refractivity contribution in [1.82, 2.24) is 19.9 Å². The van der Waals surface area contributed by atoms with E-state index in [1.165, 1.54) is 22.7 Å². The van der Waals surface area contributed by atoms with E-state index >= 15 is 0 Å². The largest absolute Gasteiger partial charge is 0.609 e. The molecule has 0 aliphatic carbocycles. The molecule has 23 heavy (non-hydrogen) atoms. The normalized spacial score (nSPS) is 11.8. The smallest absolute Gasteiger partial charge is 0.324 e. The fourth-order valence-corrected chi connectivity index (χ4v) is 2.99. The molecule has 8 nitrogen and oxygen atoms in total. The Bertz CT molecular complexity index is 704. The van der Waals surface area contributed by atoms with Crippen molar-refractivity contribution in [3.05, 3.63) is 36.4 Å². The van der Waals surface area contributed by atoms with Gasteiger partial charge in [-0.25, -0.2) is 0 Å². The van der Waals surface area contributed by atoms with Crippen LogP contribution in [-0.4, -0.2) is 50.8 Å². The third-order valence-electron chi connectivity index (χ3n) is 3.25. The molecule has 2 rings (SSSR count). The summed E-state index contributed by atoms with van der Waals surface area (Å²) in [6, 6.07) is 3.48. The molecule has 9 heteroatoms. The maximum atomic E-state index is 12.5. The van der Waals surface area contributed by atoms with Crippen LogP contribution in [0, 0.1) is 0 Å². The first-order valence-electron chi connectivity index (χ1n) is 6.74. The number of nitrogens with zero attached hydrogens (tertiary/aromatic N) is 4. The highest BCUT2D eigenvalue weighted by atomic mass is 32.2. The molecular weight excluding hydrogens is 318 g/mol. The van der Waals surface area contributed by atoms with Crippen molar-refractivity contribution in [2.45, 2.75) is 5.16 Å². The van der Waals surface area contributed by atoms with Gasteiger partial charge in [0.1, 0.15) is 5.69 Å². The van der Waals surface area contributed by atoms with E-state index in [1.54, 1.807) is 38.6 Å². The van der Waals surface area contributed by atoms with Crippen molar-refractivity contribution in [2.75, 3.05) is 24.7 Å². The molecule has 0 fully saturated rings. The van der Waals surface area contributed by atoms with Crippen LogP contribution in [0.1, 0.15) is 10.5 Å². The van der Waals surface area contributed by atoms with Gasteiger partial charge in [0, 0.05) is 38.5 Å². The molecule has 0 bridgehead atoms. The topological polar surface area (TPSA) is 103 Å². The Morgan fingerprint density at radius 2 is 2.17 bits per heavy atom. The quantitative estimate of drug-likeness (QED) is 0.771. The Hall–Kier alpha value is -2.39. The summed E-state index contributed by atoms with van der Waals surface area (Å²) in [6.45, 7) is 0. The van der Waals surface area contributed by atoms with Gasteiger partial charge in [0.15, 0.2) is 5.75 Å². The number of aromatic nitrogens is 3. The highest BCUT2D eigenvalue weighted by Gasteiger charge is 2.26. The number of hydrogen-bond donors (Lipinski definition) is 1. The van der Waals surface area contributed by atoms with Gasteiger partial charge < -0.3 is 14.8 Å². The lowest BCUT2D eigenvalue weighted by molar-refractivity contribution is -0.118. The summed E-state index contributed by atoms with van der Waals surface area (Å²) < 4.78 is 13.6. The molecule has 2 heterocycles. The maximum absolute atomic E-state index is 12.5. The molecule has 2 aromatic rings. The Labute approximate surface area is 136 Å². The van der Waals surface area contributed by atoms with Gasteiger partial charge in [-0.1, -0.05) is 0 Å². The van der Waals surface area contributed by atoms with Gasteiger partial charge in [-0.05, 0) is 12.1 Å². The molecule has 2 aromatic heterocycles. The van der Waals surface area contributed by atoms with Crippen molar-refractivity contribution in [3.8, 4) is 0 Å². The number of nitrogens with one attached hydrogen (secondary N) is 1. The van der Waals surface area contributed by atoms with E-state index in [4.69, 9.17) is 0 Å². The van der Waals surface area contributed by atoms with Crippen molar-refractivity contribution in [3.63, 3.8) is 0 Å². The fourth-order valence-electron chi connectivity index (χ4n) is 1.90. The second-order valence-corrected chi connectivity index (χ2v) is 6.07. The van der Waals surface area contributed by atoms with Gasteiger partial charge in [-0.2, -0.15) is 4.98 Å². The molecular formula is C14H17N5O3S. The Balaban J connectivity index is 2.21. The average molecular weight is 335 g/mol. The number of pyridine rings is 1. The molecule has 0 aromatic carbocycles. The summed E-state index contributed by atoms with van der Waals surface area (Å²) in [5, 5.41) is 2.58. The maximum Gasteiger partial charge on any atom is 0.324 e. The molecule has 0 radical (unpaired) electrons. The van der Waals surface area contributed by atoms with Crippen molar-refractivity contribution in [1.29, 1.82) is 0 Å². The zero-order chi connectivity index (χ0) is 17.0. The van der Waals surface area contributed by atoms with Crippen molar-refractivity contribution < 1.29 is 14.1 Å². The van der Waals surface area contributed by atoms with E-state index in [0.717, 1.165) is 0 Å². The third-order valence-corrected chi connectivity index (χ3v) is 4.56. The number of carbonyl (C=O) groups excluding carboxylic acids is 2. The number of rotatable bonds is 5. The minimum atomic E-state index is -1.62. The number of imidazole rings is 1. The van der Waals surface area contributed by atoms with Gasteiger partial charge in [0.05, 0.1) is 18.1 Å². The van der Waals surface area contributed by atoms with E-state index in [2.05, 4.69) is 15.3 Å². The van der Waals surface area contributed by atoms with E-state index in [-0.39, 0.29) is 28.4 Å². The predicted molar refractivity (Wildman–Crippen MR) is 85.5 cm³/mol. The standard InChI is InChI=1S/C14H17N5O3S/c1-15-12(20)9-23(22)14-17-8-11(19(14)3)13(21)18(2)10-5-4-6-16-7-10/h4-8H,9H2,1-3H3,(H,15,20). The fraction of sp³-hybridized carbons (Fsp3) is 0.286. The summed E-state index contributed by atoms with van der Waals surface area (Å²) in [6.07, 6.45) is 4.54. The van der Waals surface area contributed by atoms with Crippen LogP contribution >= 0.6 is 0 Å². The average Bonchev–Trinajstić information content (AvgIpc) is 2.95. The van der Waals surface area contributed by atoms with Gasteiger partial charge in [-0.15, -0.1) is 0 Å². The first-order chi connectivity index (χ1) is 11.0. The summed E-state index contributed by atoms with van der Waals surface area (Å²) in [5.41, 5.74) is 0.906. The van der Waals surface area contributed by atoms with Crippen molar-refractivity contribution >= 4 is 28.7 Å². The number of amides is 2. The number of hydrogen-bond acceptors (Lipinski definition) is 5. The molecule has 0 aliphatic heterocycles. The molecule has 0 spiro atoms. The molecule has 1 unspecified atom stereocenters. The molecule has 1 atom stereocenters. The SMILES string of the molecule is CNC(=O)C[S+]([O-])c1ncc(C(=O)N(C)c2cccnc2)n1C. The van der Waals surface area contributed by atoms with E-state index in [0.29, 0.717) is 5.69 Å². The zero-order valence-electron chi connectivity index (χ0n) is 13.0. The molecule has 2 amide bonds. The van der Waals surface area contributed by atoms with Crippen LogP contribution in [0.15, 0.2) is 35.9 Å². The lowest BCUT2D eigenvalue weighted by Gasteiger charge is -2.17. The Kier molecular flexibility index (Phi) is 5.35. The van der Waals surface area contributed by atoms with Crippen LogP contribution in [0.25, 0.3) is 0 Å². The van der Waals surface area contributed by atoms with Crippen LogP contribution in [0.3, 0.4) is 0 Å². The molecule has 0 saturated heterocycles. The number of anilines is 1. The summed E-state index contributed by atoms with van der Waals surface area (Å²) in [7, 11) is 4.68. The Morgan fingerprint density at radius 3 is 2.78 bits per heavy atom. The molecule has 0 saturated carbocycles. The molecule has 1 N–H and O–H groups in total. The van der Waals surface area contributed by atoms with Crippen LogP contribution < -0.4 is 10.2 Å². The lowest BCUT2D eigenvalue weighted by atomic mass is 10.3. The first kappa shape index (κ1) is 17.0. The van der Waals surface area contributed by atoms with Gasteiger partial charge in [0.2, 0.25) is 0 Å². The second-order valence-electron chi connectivity index (χ2n) is 4.72. The zero-order valence-corrected chi connectivity index (χ0v) is 13.8. The number of carbonyl (C=O) groups is 2. The predicted octanol–water partition coefficient (Wildman–Crippen LogP) is -0.0547. The molecule has 0 aliphatic rings. The monoisotopic (exact) mass is 335 g/mol. The first-order valence-corrected chi connectivity index (χ1v) is 8.06. The lowest BCUT2D eigenvalue weighted by Crippen LogP contribution is -2.30. The molecule has 122 valence electrons. The Morgan fingerprint density at radius 1 is 1.43 bits per heavy atom. The van der Waals surface area contributed by atoms with Gasteiger partial charge in [0.25, 0.3) is 11.8 Å². The minimum Gasteiger partial charge on any atom is -0.609 e. The van der Waals surface area contributed by atoms with E-state index < -0.39 is 11.2 Å². The van der Waals surface area contributed by atoms with Gasteiger partial charge in [-0.3, -0.25) is 19.1 Å². The second kappa shape index (κ2) is 7.25. The van der Waals surface area contributed by atoms with E-state index in [1.807, 2.05) is 0 Å². The summed E-state index contributed by atoms with van der Waals surface area (Å²) >= 11 is -1.62. The third kappa shape index (κ3) is 3.69. The summed E-state index contributed by atoms with van der Waals surface area (Å²) in [5.74, 6) is -0.865. The van der Waals surface area contributed by atoms with Crippen molar-refractivity contribution in [2.24, 2.45) is 7.05 Å². The van der Waals surface area contributed by atoms with Gasteiger partial charge >= 0.3 is 5.16 Å². The summed E-state index contributed by atoms with van der Waals surface area (Å²) in [4.78, 5) is 33.3. The van der Waals surface area contributed by atoms with Crippen LogP contribution in [0.5, 0.6) is 0 Å². The van der Waals surface area contributed by atoms with Crippen LogP contribution in [0.2, 0.25) is 0 Å². The minimum absolute atomic E-state index is 0.177. The van der Waals surface area contributed by atoms with Crippen LogP contribution in [0.4, 0.5) is 5.69 Å². The van der Waals surface area contributed by atoms with E-state index in [9.17, 15) is 14.1 Å². The highest BCUT2D eigenvalue weighted by molar-refractivity contribution is 7.91.